The van der Waals surface area contributed by atoms with Gasteiger partial charge in [-0.3, -0.25) is 15.2 Å². The van der Waals surface area contributed by atoms with E-state index in [0.29, 0.717) is 5.95 Å². The summed E-state index contributed by atoms with van der Waals surface area (Å²) in [6, 6.07) is 10.5. The summed E-state index contributed by atoms with van der Waals surface area (Å²) in [6.45, 7) is 2.98. The first-order valence-electron chi connectivity index (χ1n) is 7.63. The van der Waals surface area contributed by atoms with Crippen LogP contribution in [0.3, 0.4) is 0 Å². The fourth-order valence-corrected chi connectivity index (χ4v) is 4.53. The van der Waals surface area contributed by atoms with Crippen molar-refractivity contribution in [3.8, 4) is 0 Å². The third kappa shape index (κ3) is 2.63. The smallest absolute Gasteiger partial charge is 0.261 e. The summed E-state index contributed by atoms with van der Waals surface area (Å²) < 4.78 is 0. The molecule has 3 aromatic rings. The Morgan fingerprint density at radius 3 is 2.96 bits per heavy atom. The highest BCUT2D eigenvalue weighted by Gasteiger charge is 2.26. The van der Waals surface area contributed by atoms with Gasteiger partial charge in [-0.1, -0.05) is 30.3 Å². The van der Waals surface area contributed by atoms with Crippen LogP contribution < -0.4 is 21.7 Å². The quantitative estimate of drug-likeness (QED) is 0.414. The van der Waals surface area contributed by atoms with Gasteiger partial charge in [0.2, 0.25) is 5.95 Å². The molecule has 118 valence electrons. The molecule has 1 atom stereocenters. The number of hydrogen-bond acceptors (Lipinski definition) is 5. The van der Waals surface area contributed by atoms with Crippen LogP contribution in [0.4, 0.5) is 5.95 Å². The van der Waals surface area contributed by atoms with Gasteiger partial charge in [-0.15, -0.1) is 11.3 Å². The number of nitrogens with one attached hydrogen (secondary N) is 3. The number of H-pyrrole nitrogens is 1. The van der Waals surface area contributed by atoms with Gasteiger partial charge in [0.15, 0.2) is 0 Å². The molecule has 2 aromatic heterocycles. The number of thiophene rings is 1. The number of hydrogen-bond donors (Lipinski definition) is 4. The summed E-state index contributed by atoms with van der Waals surface area (Å²) in [5.41, 5.74) is 4.82. The Balaban J connectivity index is 1.66. The van der Waals surface area contributed by atoms with Gasteiger partial charge >= 0.3 is 0 Å². The average Bonchev–Trinajstić information content (AvgIpc) is 2.93. The predicted molar refractivity (Wildman–Crippen MR) is 91.4 cm³/mol. The van der Waals surface area contributed by atoms with E-state index in [1.165, 1.54) is 20.9 Å². The van der Waals surface area contributed by atoms with Crippen LogP contribution in [0.1, 0.15) is 16.0 Å². The Bertz CT molecular complexity index is 902. The normalized spacial score (nSPS) is 17.2. The summed E-state index contributed by atoms with van der Waals surface area (Å²) >= 11 is 1.61. The number of nitrogens with zero attached hydrogens (tertiary/aromatic N) is 1. The topological polar surface area (TPSA) is 88.2 Å². The number of hydrazine groups is 1. The number of aromatic nitrogens is 2. The van der Waals surface area contributed by atoms with Gasteiger partial charge in [-0.25, -0.2) is 10.8 Å². The Hall–Kier alpha value is -2.22. The maximum Gasteiger partial charge on any atom is 0.261 e. The maximum atomic E-state index is 12.3. The van der Waals surface area contributed by atoms with Crippen molar-refractivity contribution in [1.82, 2.24) is 9.97 Å². The van der Waals surface area contributed by atoms with E-state index in [1.54, 1.807) is 11.3 Å². The van der Waals surface area contributed by atoms with Crippen molar-refractivity contribution in [3.63, 3.8) is 0 Å². The lowest BCUT2D eigenvalue weighted by Gasteiger charge is -2.23. The summed E-state index contributed by atoms with van der Waals surface area (Å²) in [5.74, 6) is 5.67. The van der Waals surface area contributed by atoms with Crippen LogP contribution in [0.15, 0.2) is 35.1 Å². The maximum absolute atomic E-state index is 12.3. The van der Waals surface area contributed by atoms with E-state index in [4.69, 9.17) is 5.84 Å². The van der Waals surface area contributed by atoms with Crippen molar-refractivity contribution in [2.45, 2.75) is 19.5 Å². The molecular formula is C16H18N5OS+. The van der Waals surface area contributed by atoms with Gasteiger partial charge in [0, 0.05) is 12.0 Å². The van der Waals surface area contributed by atoms with Gasteiger partial charge in [0.1, 0.15) is 17.9 Å². The van der Waals surface area contributed by atoms with Crippen molar-refractivity contribution in [2.24, 2.45) is 5.84 Å². The highest BCUT2D eigenvalue weighted by molar-refractivity contribution is 7.18. The number of rotatable bonds is 3. The molecule has 3 heterocycles. The van der Waals surface area contributed by atoms with Crippen molar-refractivity contribution in [3.05, 3.63) is 56.7 Å². The molecule has 5 N–H and O–H groups in total. The molecule has 1 aromatic carbocycles. The Morgan fingerprint density at radius 2 is 2.17 bits per heavy atom. The van der Waals surface area contributed by atoms with Gasteiger partial charge < -0.3 is 4.90 Å². The number of nitrogen functional groups attached to an aromatic ring is 1. The highest BCUT2D eigenvalue weighted by atomic mass is 32.1. The Kier molecular flexibility index (Phi) is 3.60. The fraction of sp³-hybridized carbons (Fsp3) is 0.250. The molecule has 0 radical (unpaired) electrons. The summed E-state index contributed by atoms with van der Waals surface area (Å²) in [7, 11) is 0. The second-order valence-corrected chi connectivity index (χ2v) is 6.92. The lowest BCUT2D eigenvalue weighted by Crippen LogP contribution is -3.10. The largest absolute Gasteiger partial charge is 0.326 e. The van der Waals surface area contributed by atoms with Gasteiger partial charge in [0.25, 0.3) is 5.56 Å². The summed E-state index contributed by atoms with van der Waals surface area (Å²) in [5, 5.41) is 0.739. The van der Waals surface area contributed by atoms with E-state index in [2.05, 4.69) is 39.7 Å². The highest BCUT2D eigenvalue weighted by Crippen LogP contribution is 2.29. The van der Waals surface area contributed by atoms with Gasteiger partial charge in [0.05, 0.1) is 16.8 Å². The van der Waals surface area contributed by atoms with E-state index in [1.807, 2.05) is 6.07 Å². The molecule has 23 heavy (non-hydrogen) atoms. The number of fused-ring (bicyclic) bond motifs is 3. The zero-order valence-corrected chi connectivity index (χ0v) is 13.4. The number of nitrogens with two attached hydrogens (primary N) is 1. The molecule has 0 saturated heterocycles. The molecule has 0 fully saturated rings. The molecule has 0 saturated carbocycles. The SMILES string of the molecule is NNc1nc2sc3c(c2c(=O)[nH]1)CC[NH+](Cc1ccccc1)C3. The minimum atomic E-state index is -0.105. The monoisotopic (exact) mass is 328 g/mol. The Morgan fingerprint density at radius 1 is 1.35 bits per heavy atom. The number of aromatic amines is 1. The molecule has 0 bridgehead atoms. The third-order valence-electron chi connectivity index (χ3n) is 4.32. The Labute approximate surface area is 136 Å². The van der Waals surface area contributed by atoms with Crippen LogP contribution in [0, 0.1) is 0 Å². The minimum absolute atomic E-state index is 0.105. The fourth-order valence-electron chi connectivity index (χ4n) is 3.24. The first-order valence-corrected chi connectivity index (χ1v) is 8.45. The molecule has 6 nitrogen and oxygen atoms in total. The summed E-state index contributed by atoms with van der Waals surface area (Å²) in [6.07, 6.45) is 0.914. The molecule has 7 heteroatoms. The number of quaternary nitrogens is 1. The zero-order chi connectivity index (χ0) is 15.8. The lowest BCUT2D eigenvalue weighted by atomic mass is 10.0. The molecule has 1 unspecified atom stereocenters. The number of anilines is 1. The van der Waals surface area contributed by atoms with Crippen LogP contribution in [-0.4, -0.2) is 16.5 Å². The van der Waals surface area contributed by atoms with E-state index in [-0.39, 0.29) is 5.56 Å². The van der Waals surface area contributed by atoms with Crippen molar-refractivity contribution >= 4 is 27.5 Å². The van der Waals surface area contributed by atoms with Gasteiger partial charge in [-0.2, -0.15) is 0 Å². The standard InChI is InChI=1S/C16H17N5OS/c17-20-16-18-14(22)13-11-6-7-21(8-10-4-2-1-3-5-10)9-12(11)23-15(13)19-16/h1-5H,6-9,17H2,(H2,18,19,20,22)/p+1. The van der Waals surface area contributed by atoms with Crippen molar-refractivity contribution in [2.75, 3.05) is 12.0 Å². The molecule has 0 aliphatic carbocycles. The van der Waals surface area contributed by atoms with Crippen LogP contribution in [0.25, 0.3) is 10.2 Å². The van der Waals surface area contributed by atoms with Crippen LogP contribution in [-0.2, 0) is 19.5 Å². The molecule has 4 rings (SSSR count). The van der Waals surface area contributed by atoms with E-state index in [0.717, 1.165) is 36.3 Å². The molecule has 0 spiro atoms. The summed E-state index contributed by atoms with van der Waals surface area (Å²) in [4.78, 5) is 22.9. The first-order chi connectivity index (χ1) is 11.2. The second kappa shape index (κ2) is 5.77. The third-order valence-corrected chi connectivity index (χ3v) is 5.44. The average molecular weight is 328 g/mol. The van der Waals surface area contributed by atoms with Crippen LogP contribution in [0.2, 0.25) is 0 Å². The number of benzene rings is 1. The predicted octanol–water partition coefficient (Wildman–Crippen LogP) is 0.411. The van der Waals surface area contributed by atoms with E-state index < -0.39 is 0 Å². The minimum Gasteiger partial charge on any atom is -0.326 e. The zero-order valence-electron chi connectivity index (χ0n) is 12.6. The molecule has 1 aliphatic rings. The molecule has 1 aliphatic heterocycles. The van der Waals surface area contributed by atoms with Crippen molar-refractivity contribution in [1.29, 1.82) is 0 Å². The van der Waals surface area contributed by atoms with Gasteiger partial charge in [-0.05, 0) is 5.56 Å². The second-order valence-electron chi connectivity index (χ2n) is 5.83. The van der Waals surface area contributed by atoms with Crippen molar-refractivity contribution < 1.29 is 4.90 Å². The molecular weight excluding hydrogens is 310 g/mol. The van der Waals surface area contributed by atoms with E-state index >= 15 is 0 Å². The van der Waals surface area contributed by atoms with Crippen LogP contribution in [0.5, 0.6) is 0 Å². The van der Waals surface area contributed by atoms with E-state index in [9.17, 15) is 4.79 Å². The first kappa shape index (κ1) is 14.4. The lowest BCUT2D eigenvalue weighted by molar-refractivity contribution is -0.929. The molecule has 0 amide bonds. The van der Waals surface area contributed by atoms with Crippen LogP contribution >= 0.6 is 11.3 Å².